The summed E-state index contributed by atoms with van der Waals surface area (Å²) in [5, 5.41) is 2.55. The van der Waals surface area contributed by atoms with Gasteiger partial charge in [-0.1, -0.05) is 18.6 Å². The van der Waals surface area contributed by atoms with Crippen molar-refractivity contribution in [2.24, 2.45) is 5.92 Å². The van der Waals surface area contributed by atoms with Crippen LogP contribution in [0.15, 0.2) is 24.3 Å². The van der Waals surface area contributed by atoms with Gasteiger partial charge in [-0.15, -0.1) is 0 Å². The van der Waals surface area contributed by atoms with Crippen LogP contribution in [0.3, 0.4) is 0 Å². The molecule has 4 rings (SSSR count). The van der Waals surface area contributed by atoms with Gasteiger partial charge in [0, 0.05) is 6.42 Å². The summed E-state index contributed by atoms with van der Waals surface area (Å²) in [6.07, 6.45) is 6.61. The third kappa shape index (κ3) is 1.30. The predicted molar refractivity (Wildman–Crippen MR) is 65.9 cm³/mol. The number of fused-ring (bicyclic) bond motifs is 2. The van der Waals surface area contributed by atoms with E-state index in [1.807, 2.05) is 0 Å². The van der Waals surface area contributed by atoms with E-state index in [9.17, 15) is 0 Å². The Bertz CT molecular complexity index is 440. The molecule has 90 valence electrons. The molecule has 1 saturated carbocycles. The molecule has 2 aliphatic heterocycles. The highest BCUT2D eigenvalue weighted by molar-refractivity contribution is 5.39. The molecular formula is C15H20NO+. The van der Waals surface area contributed by atoms with Crippen LogP contribution >= 0.6 is 0 Å². The van der Waals surface area contributed by atoms with Crippen molar-refractivity contribution in [3.8, 4) is 5.75 Å². The Balaban J connectivity index is 1.85. The molecule has 0 unspecified atom stereocenters. The molecule has 1 aromatic rings. The SMILES string of the molecule is c1ccc2c(c1)O[C@]13CCCC[C@@H]1[C@@H]2[NH2+]CC3. The first-order valence-electron chi connectivity index (χ1n) is 7.00. The molecule has 17 heavy (non-hydrogen) atoms. The lowest BCUT2D eigenvalue weighted by Gasteiger charge is -2.52. The Morgan fingerprint density at radius 2 is 2.12 bits per heavy atom. The first kappa shape index (κ1) is 9.95. The van der Waals surface area contributed by atoms with Gasteiger partial charge in [0.15, 0.2) is 0 Å². The minimum Gasteiger partial charge on any atom is -0.486 e. The summed E-state index contributed by atoms with van der Waals surface area (Å²) in [5.74, 6) is 1.91. The fourth-order valence-electron chi connectivity index (χ4n) is 4.31. The van der Waals surface area contributed by atoms with E-state index in [0.717, 1.165) is 11.7 Å². The smallest absolute Gasteiger partial charge is 0.129 e. The third-order valence-electron chi connectivity index (χ3n) is 5.05. The molecule has 1 aliphatic carbocycles. The lowest BCUT2D eigenvalue weighted by atomic mass is 9.65. The van der Waals surface area contributed by atoms with Crippen molar-refractivity contribution in [2.45, 2.75) is 43.7 Å². The number of piperidine rings is 1. The molecule has 0 aromatic heterocycles. The largest absolute Gasteiger partial charge is 0.486 e. The molecule has 2 nitrogen and oxygen atoms in total. The normalized spacial score (nSPS) is 38.8. The molecule has 2 N–H and O–H groups in total. The van der Waals surface area contributed by atoms with Gasteiger partial charge in [0.05, 0.1) is 18.0 Å². The molecule has 0 radical (unpaired) electrons. The Labute approximate surface area is 102 Å². The zero-order chi connectivity index (χ0) is 11.3. The van der Waals surface area contributed by atoms with Crippen molar-refractivity contribution in [2.75, 3.05) is 6.54 Å². The van der Waals surface area contributed by atoms with Gasteiger partial charge < -0.3 is 10.1 Å². The van der Waals surface area contributed by atoms with Gasteiger partial charge in [-0.3, -0.25) is 0 Å². The van der Waals surface area contributed by atoms with Crippen molar-refractivity contribution in [1.29, 1.82) is 0 Å². The maximum Gasteiger partial charge on any atom is 0.129 e. The fourth-order valence-corrected chi connectivity index (χ4v) is 4.31. The molecule has 1 aromatic carbocycles. The van der Waals surface area contributed by atoms with E-state index in [1.165, 1.54) is 44.2 Å². The summed E-state index contributed by atoms with van der Waals surface area (Å²) in [6.45, 7) is 1.23. The van der Waals surface area contributed by atoms with E-state index >= 15 is 0 Å². The summed E-state index contributed by atoms with van der Waals surface area (Å²) < 4.78 is 6.47. The standard InChI is InChI=1S/C15H19NO/c1-2-7-13-11(5-1)14-12-6-3-4-8-15(12,17-13)9-10-16-14/h1-2,5,7,12,14,16H,3-4,6,8-10H2/p+1/t12-,14-,15+/m1/s1. The summed E-state index contributed by atoms with van der Waals surface area (Å²) in [4.78, 5) is 0. The number of quaternary nitrogens is 1. The van der Waals surface area contributed by atoms with Crippen LogP contribution in [0.1, 0.15) is 43.7 Å². The van der Waals surface area contributed by atoms with Crippen LogP contribution < -0.4 is 10.1 Å². The van der Waals surface area contributed by atoms with Crippen LogP contribution in [0.2, 0.25) is 0 Å². The number of ether oxygens (including phenoxy) is 1. The minimum absolute atomic E-state index is 0.187. The summed E-state index contributed by atoms with van der Waals surface area (Å²) in [6, 6.07) is 9.34. The highest BCUT2D eigenvalue weighted by atomic mass is 16.5. The number of hydrogen-bond donors (Lipinski definition) is 1. The predicted octanol–water partition coefficient (Wildman–Crippen LogP) is 2.02. The summed E-state index contributed by atoms with van der Waals surface area (Å²) >= 11 is 0. The molecule has 3 aliphatic rings. The van der Waals surface area contributed by atoms with Gasteiger partial charge in [-0.2, -0.15) is 0 Å². The molecule has 3 atom stereocenters. The molecule has 2 bridgehead atoms. The quantitative estimate of drug-likeness (QED) is 0.725. The van der Waals surface area contributed by atoms with E-state index < -0.39 is 0 Å². The number of rotatable bonds is 0. The topological polar surface area (TPSA) is 25.8 Å². The molecule has 1 saturated heterocycles. The van der Waals surface area contributed by atoms with Crippen LogP contribution in [-0.2, 0) is 0 Å². The number of hydrogen-bond acceptors (Lipinski definition) is 1. The molecule has 0 amide bonds. The molecule has 0 spiro atoms. The molecule has 2 heterocycles. The van der Waals surface area contributed by atoms with E-state index in [2.05, 4.69) is 29.6 Å². The summed E-state index contributed by atoms with van der Waals surface area (Å²) in [7, 11) is 0. The monoisotopic (exact) mass is 230 g/mol. The van der Waals surface area contributed by atoms with E-state index in [-0.39, 0.29) is 5.60 Å². The van der Waals surface area contributed by atoms with Gasteiger partial charge in [-0.25, -0.2) is 0 Å². The molecule has 2 heteroatoms. The zero-order valence-corrected chi connectivity index (χ0v) is 10.2. The van der Waals surface area contributed by atoms with Gasteiger partial charge in [-0.05, 0) is 31.4 Å². The lowest BCUT2D eigenvalue weighted by Crippen LogP contribution is -2.92. The van der Waals surface area contributed by atoms with Gasteiger partial charge in [0.25, 0.3) is 0 Å². The van der Waals surface area contributed by atoms with Crippen LogP contribution in [0.4, 0.5) is 0 Å². The highest BCUT2D eigenvalue weighted by Crippen LogP contribution is 2.51. The Hall–Kier alpha value is -1.02. The summed E-state index contributed by atoms with van der Waals surface area (Å²) in [5.41, 5.74) is 1.63. The van der Waals surface area contributed by atoms with Gasteiger partial charge in [0.1, 0.15) is 17.4 Å². The van der Waals surface area contributed by atoms with Crippen LogP contribution in [0.25, 0.3) is 0 Å². The van der Waals surface area contributed by atoms with Crippen molar-refractivity contribution < 1.29 is 10.1 Å². The maximum absolute atomic E-state index is 6.47. The van der Waals surface area contributed by atoms with Crippen molar-refractivity contribution >= 4 is 0 Å². The highest BCUT2D eigenvalue weighted by Gasteiger charge is 2.55. The minimum atomic E-state index is 0.187. The van der Waals surface area contributed by atoms with Crippen LogP contribution in [-0.4, -0.2) is 12.1 Å². The maximum atomic E-state index is 6.47. The Morgan fingerprint density at radius 1 is 1.18 bits per heavy atom. The van der Waals surface area contributed by atoms with Crippen LogP contribution in [0.5, 0.6) is 5.75 Å². The zero-order valence-electron chi connectivity index (χ0n) is 10.2. The number of nitrogens with two attached hydrogens (primary N) is 1. The first-order valence-corrected chi connectivity index (χ1v) is 7.00. The van der Waals surface area contributed by atoms with Gasteiger partial charge in [0.2, 0.25) is 0 Å². The van der Waals surface area contributed by atoms with Crippen LogP contribution in [0, 0.1) is 5.92 Å². The Morgan fingerprint density at radius 3 is 3.12 bits per heavy atom. The van der Waals surface area contributed by atoms with Crippen molar-refractivity contribution in [1.82, 2.24) is 0 Å². The second-order valence-electron chi connectivity index (χ2n) is 5.86. The molecule has 2 fully saturated rings. The Kier molecular flexibility index (Phi) is 2.04. The van der Waals surface area contributed by atoms with Crippen molar-refractivity contribution in [3.63, 3.8) is 0 Å². The second-order valence-corrected chi connectivity index (χ2v) is 5.86. The number of benzene rings is 1. The first-order chi connectivity index (χ1) is 8.39. The second kappa shape index (κ2) is 3.49. The van der Waals surface area contributed by atoms with E-state index in [1.54, 1.807) is 0 Å². The average molecular weight is 230 g/mol. The van der Waals surface area contributed by atoms with E-state index in [4.69, 9.17) is 4.74 Å². The van der Waals surface area contributed by atoms with Crippen molar-refractivity contribution in [3.05, 3.63) is 29.8 Å². The lowest BCUT2D eigenvalue weighted by molar-refractivity contribution is -0.721. The van der Waals surface area contributed by atoms with E-state index in [0.29, 0.717) is 6.04 Å². The average Bonchev–Trinajstić information content (AvgIpc) is 2.38. The number of para-hydroxylation sites is 1. The van der Waals surface area contributed by atoms with Gasteiger partial charge >= 0.3 is 0 Å². The molecular weight excluding hydrogens is 210 g/mol. The third-order valence-corrected chi connectivity index (χ3v) is 5.05. The fraction of sp³-hybridized carbons (Fsp3) is 0.600.